The van der Waals surface area contributed by atoms with Crippen LogP contribution in [0.2, 0.25) is 0 Å². The van der Waals surface area contributed by atoms with Crippen LogP contribution in [0.15, 0.2) is 36.4 Å². The average Bonchev–Trinajstić information content (AvgIpc) is 2.42. The van der Waals surface area contributed by atoms with Gasteiger partial charge in [0.2, 0.25) is 0 Å². The van der Waals surface area contributed by atoms with Crippen molar-refractivity contribution in [1.82, 2.24) is 0 Å². The molecule has 0 aliphatic carbocycles. The van der Waals surface area contributed by atoms with Gasteiger partial charge in [0.15, 0.2) is 0 Å². The molecule has 0 spiro atoms. The van der Waals surface area contributed by atoms with E-state index < -0.39 is 4.92 Å². The normalized spacial score (nSPS) is 10.1. The molecule has 2 aromatic rings. The standard InChI is InChI=1S/C15H13NO4/c1-10-3-5-13(16(18)19)8-15(10)20-14-6-4-12(9-17)7-11(14)2/h3-9H,1-2H3. The van der Waals surface area contributed by atoms with Crippen molar-refractivity contribution in [1.29, 1.82) is 0 Å². The number of benzene rings is 2. The zero-order valence-electron chi connectivity index (χ0n) is 11.1. The third-order valence-corrected chi connectivity index (χ3v) is 2.94. The molecule has 0 atom stereocenters. The number of rotatable bonds is 4. The van der Waals surface area contributed by atoms with Crippen molar-refractivity contribution >= 4 is 12.0 Å². The molecule has 0 aliphatic heterocycles. The lowest BCUT2D eigenvalue weighted by Gasteiger charge is -2.11. The van der Waals surface area contributed by atoms with Gasteiger partial charge in [-0.25, -0.2) is 0 Å². The van der Waals surface area contributed by atoms with E-state index in [4.69, 9.17) is 4.74 Å². The minimum Gasteiger partial charge on any atom is -0.457 e. The number of non-ortho nitro benzene ring substituents is 1. The molecule has 20 heavy (non-hydrogen) atoms. The quantitative estimate of drug-likeness (QED) is 0.481. The maximum Gasteiger partial charge on any atom is 0.273 e. The van der Waals surface area contributed by atoms with Crippen LogP contribution in [0.5, 0.6) is 11.5 Å². The van der Waals surface area contributed by atoms with Crippen LogP contribution < -0.4 is 4.74 Å². The van der Waals surface area contributed by atoms with Crippen molar-refractivity contribution in [2.75, 3.05) is 0 Å². The number of nitrogens with zero attached hydrogens (tertiary/aromatic N) is 1. The number of hydrogen-bond acceptors (Lipinski definition) is 4. The van der Waals surface area contributed by atoms with Gasteiger partial charge in [0.1, 0.15) is 17.8 Å². The predicted octanol–water partition coefficient (Wildman–Crippen LogP) is 3.82. The molecule has 0 unspecified atom stereocenters. The predicted molar refractivity (Wildman–Crippen MR) is 74.5 cm³/mol. The van der Waals surface area contributed by atoms with Crippen molar-refractivity contribution in [2.45, 2.75) is 13.8 Å². The first kappa shape index (κ1) is 13.7. The summed E-state index contributed by atoms with van der Waals surface area (Å²) in [7, 11) is 0. The second-order valence-corrected chi connectivity index (χ2v) is 4.45. The van der Waals surface area contributed by atoms with E-state index in [2.05, 4.69) is 0 Å². The van der Waals surface area contributed by atoms with Crippen LogP contribution >= 0.6 is 0 Å². The van der Waals surface area contributed by atoms with Crippen LogP contribution in [-0.4, -0.2) is 11.2 Å². The van der Waals surface area contributed by atoms with Crippen molar-refractivity contribution in [3.63, 3.8) is 0 Å². The summed E-state index contributed by atoms with van der Waals surface area (Å²) in [5.41, 5.74) is 2.13. The van der Waals surface area contributed by atoms with E-state index in [1.54, 1.807) is 24.3 Å². The van der Waals surface area contributed by atoms with Crippen LogP contribution in [0.4, 0.5) is 5.69 Å². The molecule has 0 fully saturated rings. The van der Waals surface area contributed by atoms with E-state index in [0.717, 1.165) is 17.4 Å². The minimum atomic E-state index is -0.464. The Balaban J connectivity index is 2.36. The maximum atomic E-state index is 10.8. The van der Waals surface area contributed by atoms with Crippen LogP contribution in [0, 0.1) is 24.0 Å². The van der Waals surface area contributed by atoms with E-state index in [1.165, 1.54) is 12.1 Å². The van der Waals surface area contributed by atoms with Crippen LogP contribution in [-0.2, 0) is 0 Å². The number of carbonyl (C=O) groups excluding carboxylic acids is 1. The van der Waals surface area contributed by atoms with Gasteiger partial charge in [0.25, 0.3) is 5.69 Å². The fraction of sp³-hybridized carbons (Fsp3) is 0.133. The van der Waals surface area contributed by atoms with Crippen LogP contribution in [0.1, 0.15) is 21.5 Å². The molecule has 0 heterocycles. The summed E-state index contributed by atoms with van der Waals surface area (Å²) < 4.78 is 5.71. The Labute approximate surface area is 116 Å². The molecule has 0 radical (unpaired) electrons. The highest BCUT2D eigenvalue weighted by atomic mass is 16.6. The molecule has 0 amide bonds. The summed E-state index contributed by atoms with van der Waals surface area (Å²) in [5, 5.41) is 10.8. The Hall–Kier alpha value is -2.69. The highest BCUT2D eigenvalue weighted by molar-refractivity contribution is 5.75. The molecule has 2 aromatic carbocycles. The lowest BCUT2D eigenvalue weighted by Crippen LogP contribution is -1.94. The van der Waals surface area contributed by atoms with E-state index in [9.17, 15) is 14.9 Å². The van der Waals surface area contributed by atoms with Crippen LogP contribution in [0.3, 0.4) is 0 Å². The molecule has 0 aromatic heterocycles. The third-order valence-electron chi connectivity index (χ3n) is 2.94. The zero-order valence-corrected chi connectivity index (χ0v) is 11.1. The number of nitro benzene ring substituents is 1. The largest absolute Gasteiger partial charge is 0.457 e. The summed E-state index contributed by atoms with van der Waals surface area (Å²) in [6.45, 7) is 3.63. The number of carbonyl (C=O) groups is 1. The first-order valence-electron chi connectivity index (χ1n) is 6.00. The first-order valence-corrected chi connectivity index (χ1v) is 6.00. The van der Waals surface area contributed by atoms with Gasteiger partial charge in [0, 0.05) is 11.6 Å². The average molecular weight is 271 g/mol. The van der Waals surface area contributed by atoms with Gasteiger partial charge in [0.05, 0.1) is 11.0 Å². The minimum absolute atomic E-state index is 0.0206. The topological polar surface area (TPSA) is 69.4 Å². The molecular formula is C15H13NO4. The number of aryl methyl sites for hydroxylation is 2. The maximum absolute atomic E-state index is 10.8. The van der Waals surface area contributed by atoms with Gasteiger partial charge < -0.3 is 4.74 Å². The number of aldehydes is 1. The Morgan fingerprint density at radius 3 is 2.40 bits per heavy atom. The fourth-order valence-electron chi connectivity index (χ4n) is 1.79. The Bertz CT molecular complexity index is 680. The molecule has 5 heteroatoms. The van der Waals surface area contributed by atoms with E-state index in [0.29, 0.717) is 17.1 Å². The zero-order chi connectivity index (χ0) is 14.7. The fourth-order valence-corrected chi connectivity index (χ4v) is 1.79. The van der Waals surface area contributed by atoms with Gasteiger partial charge in [-0.15, -0.1) is 0 Å². The smallest absolute Gasteiger partial charge is 0.273 e. The van der Waals surface area contributed by atoms with Crippen molar-refractivity contribution in [3.8, 4) is 11.5 Å². The van der Waals surface area contributed by atoms with Gasteiger partial charge in [-0.2, -0.15) is 0 Å². The molecular weight excluding hydrogens is 258 g/mol. The van der Waals surface area contributed by atoms with Gasteiger partial charge in [-0.3, -0.25) is 14.9 Å². The van der Waals surface area contributed by atoms with E-state index >= 15 is 0 Å². The SMILES string of the molecule is Cc1cc(C=O)ccc1Oc1cc([N+](=O)[O-])ccc1C. The highest BCUT2D eigenvalue weighted by Gasteiger charge is 2.11. The molecule has 0 bridgehead atoms. The second kappa shape index (κ2) is 5.52. The van der Waals surface area contributed by atoms with E-state index in [-0.39, 0.29) is 5.69 Å². The molecule has 102 valence electrons. The highest BCUT2D eigenvalue weighted by Crippen LogP contribution is 2.30. The second-order valence-electron chi connectivity index (χ2n) is 4.45. The van der Waals surface area contributed by atoms with Gasteiger partial charge in [-0.1, -0.05) is 0 Å². The molecule has 2 rings (SSSR count). The number of hydrogen-bond donors (Lipinski definition) is 0. The molecule has 0 aliphatic rings. The Kier molecular flexibility index (Phi) is 3.79. The number of nitro groups is 1. The van der Waals surface area contributed by atoms with Crippen LogP contribution in [0.25, 0.3) is 0 Å². The lowest BCUT2D eigenvalue weighted by molar-refractivity contribution is -0.384. The molecule has 0 N–H and O–H groups in total. The monoisotopic (exact) mass is 271 g/mol. The molecule has 0 saturated carbocycles. The summed E-state index contributed by atoms with van der Waals surface area (Å²) in [6, 6.07) is 9.49. The van der Waals surface area contributed by atoms with E-state index in [1.807, 2.05) is 13.8 Å². The number of ether oxygens (including phenoxy) is 1. The first-order chi connectivity index (χ1) is 9.51. The molecule has 5 nitrogen and oxygen atoms in total. The van der Waals surface area contributed by atoms with Crippen molar-refractivity contribution in [2.24, 2.45) is 0 Å². The Morgan fingerprint density at radius 1 is 1.05 bits per heavy atom. The van der Waals surface area contributed by atoms with Gasteiger partial charge in [-0.05, 0) is 49.2 Å². The van der Waals surface area contributed by atoms with Gasteiger partial charge >= 0.3 is 0 Å². The summed E-state index contributed by atoms with van der Waals surface area (Å²) >= 11 is 0. The van der Waals surface area contributed by atoms with Crippen molar-refractivity contribution in [3.05, 3.63) is 63.2 Å². The lowest BCUT2D eigenvalue weighted by atomic mass is 10.1. The third kappa shape index (κ3) is 2.83. The summed E-state index contributed by atoms with van der Waals surface area (Å²) in [4.78, 5) is 21.0. The summed E-state index contributed by atoms with van der Waals surface area (Å²) in [6.07, 6.45) is 0.759. The Morgan fingerprint density at radius 2 is 1.80 bits per heavy atom. The summed E-state index contributed by atoms with van der Waals surface area (Å²) in [5.74, 6) is 1.00. The van der Waals surface area contributed by atoms with Crippen molar-refractivity contribution < 1.29 is 14.5 Å². The molecule has 0 saturated heterocycles.